The van der Waals surface area contributed by atoms with Crippen molar-refractivity contribution in [3.05, 3.63) is 93.7 Å². The van der Waals surface area contributed by atoms with Gasteiger partial charge in [-0.1, -0.05) is 30.3 Å². The molecule has 1 saturated heterocycles. The number of aryl methyl sites for hydroxylation is 1. The average Bonchev–Trinajstić information content (AvgIpc) is 3.23. The number of alkyl halides is 3. The SMILES string of the molecule is Cc1c(C(=O)Nc2cccc(-c3ccccc3C(F)(F)F)c2)n(CCN2CCOCC2)c2ccc([N+](=O)[O-])cc12. The molecule has 1 aliphatic heterocycles. The van der Waals surface area contributed by atoms with Crippen LogP contribution in [-0.2, 0) is 17.5 Å². The molecule has 0 aliphatic carbocycles. The van der Waals surface area contributed by atoms with E-state index in [0.29, 0.717) is 59.7 Å². The van der Waals surface area contributed by atoms with Crippen LogP contribution >= 0.6 is 0 Å². The number of benzene rings is 3. The number of nitrogens with one attached hydrogen (secondary N) is 1. The number of nitro groups is 1. The summed E-state index contributed by atoms with van der Waals surface area (Å²) in [6, 6.07) is 16.1. The third kappa shape index (κ3) is 5.56. The minimum Gasteiger partial charge on any atom is -0.379 e. The lowest BCUT2D eigenvalue weighted by Gasteiger charge is -2.27. The highest BCUT2D eigenvalue weighted by molar-refractivity contribution is 6.08. The van der Waals surface area contributed by atoms with Crippen LogP contribution in [-0.4, -0.2) is 53.1 Å². The van der Waals surface area contributed by atoms with Gasteiger partial charge in [-0.05, 0) is 47.9 Å². The van der Waals surface area contributed by atoms with Gasteiger partial charge in [-0.25, -0.2) is 0 Å². The second kappa shape index (κ2) is 11.1. The molecule has 1 N–H and O–H groups in total. The molecule has 0 spiro atoms. The molecule has 1 aromatic heterocycles. The van der Waals surface area contributed by atoms with Crippen molar-refractivity contribution in [3.63, 3.8) is 0 Å². The quantitative estimate of drug-likeness (QED) is 0.220. The zero-order valence-electron chi connectivity index (χ0n) is 21.7. The topological polar surface area (TPSA) is 89.6 Å². The molecule has 0 bridgehead atoms. The number of nitrogens with zero attached hydrogens (tertiary/aromatic N) is 3. The van der Waals surface area contributed by atoms with Crippen LogP contribution < -0.4 is 5.32 Å². The molecule has 0 saturated carbocycles. The van der Waals surface area contributed by atoms with E-state index in [9.17, 15) is 28.1 Å². The van der Waals surface area contributed by atoms with Gasteiger partial charge in [0.05, 0.1) is 23.7 Å². The molecule has 5 rings (SSSR count). The highest BCUT2D eigenvalue weighted by Crippen LogP contribution is 2.37. The Morgan fingerprint density at radius 3 is 2.50 bits per heavy atom. The molecular formula is C29H27F3N4O4. The lowest BCUT2D eigenvalue weighted by atomic mass is 9.99. The van der Waals surface area contributed by atoms with E-state index in [-0.39, 0.29) is 11.3 Å². The number of ether oxygens (including phenoxy) is 1. The molecule has 8 nitrogen and oxygen atoms in total. The Labute approximate surface area is 228 Å². The summed E-state index contributed by atoms with van der Waals surface area (Å²) in [6.07, 6.45) is -4.53. The molecule has 0 unspecified atom stereocenters. The maximum absolute atomic E-state index is 13.7. The van der Waals surface area contributed by atoms with Crippen LogP contribution in [0.5, 0.6) is 0 Å². The zero-order valence-corrected chi connectivity index (χ0v) is 21.7. The molecule has 2 heterocycles. The molecule has 3 aromatic carbocycles. The van der Waals surface area contributed by atoms with E-state index < -0.39 is 22.6 Å². The Bertz CT molecular complexity index is 1580. The Morgan fingerprint density at radius 2 is 1.77 bits per heavy atom. The van der Waals surface area contributed by atoms with Crippen LogP contribution in [0.25, 0.3) is 22.0 Å². The molecule has 11 heteroatoms. The largest absolute Gasteiger partial charge is 0.417 e. The van der Waals surface area contributed by atoms with Crippen LogP contribution in [0.3, 0.4) is 0 Å². The van der Waals surface area contributed by atoms with Crippen molar-refractivity contribution in [2.75, 3.05) is 38.2 Å². The summed E-state index contributed by atoms with van der Waals surface area (Å²) in [5.74, 6) is -0.459. The van der Waals surface area contributed by atoms with Crippen LogP contribution in [0.1, 0.15) is 21.6 Å². The number of hydrogen-bond acceptors (Lipinski definition) is 5. The zero-order chi connectivity index (χ0) is 28.4. The van der Waals surface area contributed by atoms with E-state index in [4.69, 9.17) is 4.74 Å². The van der Waals surface area contributed by atoms with Crippen molar-refractivity contribution in [2.45, 2.75) is 19.6 Å². The van der Waals surface area contributed by atoms with Gasteiger partial charge in [0.1, 0.15) is 5.69 Å². The molecular weight excluding hydrogens is 525 g/mol. The van der Waals surface area contributed by atoms with Gasteiger partial charge in [-0.2, -0.15) is 13.2 Å². The molecule has 1 aliphatic rings. The smallest absolute Gasteiger partial charge is 0.379 e. The van der Waals surface area contributed by atoms with Gasteiger partial charge in [-0.3, -0.25) is 19.8 Å². The van der Waals surface area contributed by atoms with E-state index in [2.05, 4.69) is 10.2 Å². The monoisotopic (exact) mass is 552 g/mol. The minimum absolute atomic E-state index is 0.00853. The van der Waals surface area contributed by atoms with Crippen molar-refractivity contribution < 1.29 is 27.6 Å². The second-order valence-corrected chi connectivity index (χ2v) is 9.62. The van der Waals surface area contributed by atoms with E-state index in [1.165, 1.54) is 36.4 Å². The number of halogens is 3. The van der Waals surface area contributed by atoms with E-state index >= 15 is 0 Å². The number of morpholine rings is 1. The summed E-state index contributed by atoms with van der Waals surface area (Å²) in [7, 11) is 0. The van der Waals surface area contributed by atoms with Gasteiger partial charge in [-0.15, -0.1) is 0 Å². The third-order valence-electron chi connectivity index (χ3n) is 7.13. The van der Waals surface area contributed by atoms with Crippen molar-refractivity contribution in [1.82, 2.24) is 9.47 Å². The number of nitro benzene ring substituents is 1. The van der Waals surface area contributed by atoms with Crippen LogP contribution in [0.4, 0.5) is 24.5 Å². The fourth-order valence-corrected chi connectivity index (χ4v) is 5.15. The first-order chi connectivity index (χ1) is 19.1. The predicted octanol–water partition coefficient (Wildman–Crippen LogP) is 6.13. The maximum Gasteiger partial charge on any atom is 0.417 e. The van der Waals surface area contributed by atoms with Crippen LogP contribution in [0.2, 0.25) is 0 Å². The normalized spacial score (nSPS) is 14.4. The number of amides is 1. The fourth-order valence-electron chi connectivity index (χ4n) is 5.15. The lowest BCUT2D eigenvalue weighted by molar-refractivity contribution is -0.384. The minimum atomic E-state index is -4.53. The number of non-ortho nitro benzene ring substituents is 1. The van der Waals surface area contributed by atoms with Crippen molar-refractivity contribution in [1.29, 1.82) is 0 Å². The van der Waals surface area contributed by atoms with E-state index in [1.807, 2.05) is 4.57 Å². The third-order valence-corrected chi connectivity index (χ3v) is 7.13. The Morgan fingerprint density at radius 1 is 1.02 bits per heavy atom. The summed E-state index contributed by atoms with van der Waals surface area (Å²) < 4.78 is 48.1. The van der Waals surface area contributed by atoms with Crippen LogP contribution in [0.15, 0.2) is 66.7 Å². The van der Waals surface area contributed by atoms with E-state index in [1.54, 1.807) is 31.2 Å². The molecule has 1 fully saturated rings. The molecule has 40 heavy (non-hydrogen) atoms. The number of fused-ring (bicyclic) bond motifs is 1. The molecule has 1 amide bonds. The summed E-state index contributed by atoms with van der Waals surface area (Å²) in [5.41, 5.74) is 1.41. The Kier molecular flexibility index (Phi) is 7.59. The summed E-state index contributed by atoms with van der Waals surface area (Å²) in [5, 5.41) is 14.8. The first-order valence-electron chi connectivity index (χ1n) is 12.8. The standard InChI is InChI=1S/C29H27F3N4O4/c1-19-24-18-22(36(38)39)9-10-26(24)35(12-11-34-13-15-40-16-14-34)27(19)28(37)33-21-6-4-5-20(17-21)23-7-2-3-8-25(23)29(30,31)32/h2-10,17-18H,11-16H2,1H3,(H,33,37). The number of hydrogen-bond donors (Lipinski definition) is 1. The summed E-state index contributed by atoms with van der Waals surface area (Å²) in [6.45, 7) is 5.62. The van der Waals surface area contributed by atoms with Crippen molar-refractivity contribution in [2.24, 2.45) is 0 Å². The number of carbonyl (C=O) groups is 1. The van der Waals surface area contributed by atoms with Crippen molar-refractivity contribution in [3.8, 4) is 11.1 Å². The van der Waals surface area contributed by atoms with Gasteiger partial charge in [0.25, 0.3) is 11.6 Å². The van der Waals surface area contributed by atoms with Crippen molar-refractivity contribution >= 4 is 28.2 Å². The molecule has 4 aromatic rings. The number of aromatic nitrogens is 1. The van der Waals surface area contributed by atoms with Gasteiger partial charge in [0, 0.05) is 54.9 Å². The first kappa shape index (κ1) is 27.4. The fraction of sp³-hybridized carbons (Fsp3) is 0.276. The lowest BCUT2D eigenvalue weighted by Crippen LogP contribution is -2.38. The summed E-state index contributed by atoms with van der Waals surface area (Å²) in [4.78, 5) is 26.9. The number of rotatable bonds is 7. The second-order valence-electron chi connectivity index (χ2n) is 9.62. The summed E-state index contributed by atoms with van der Waals surface area (Å²) >= 11 is 0. The molecule has 0 radical (unpaired) electrons. The van der Waals surface area contributed by atoms with Gasteiger partial charge >= 0.3 is 6.18 Å². The Hall–Kier alpha value is -4.22. The first-order valence-corrected chi connectivity index (χ1v) is 12.8. The van der Waals surface area contributed by atoms with Gasteiger partial charge in [0.15, 0.2) is 0 Å². The molecule has 0 atom stereocenters. The number of carbonyl (C=O) groups excluding carboxylic acids is 1. The number of anilines is 1. The molecule has 208 valence electrons. The van der Waals surface area contributed by atoms with Gasteiger partial charge in [0.2, 0.25) is 0 Å². The Balaban J connectivity index is 1.50. The highest BCUT2D eigenvalue weighted by atomic mass is 19.4. The average molecular weight is 553 g/mol. The van der Waals surface area contributed by atoms with E-state index in [0.717, 1.165) is 19.2 Å². The van der Waals surface area contributed by atoms with Gasteiger partial charge < -0.3 is 14.6 Å². The predicted molar refractivity (Wildman–Crippen MR) is 145 cm³/mol. The van der Waals surface area contributed by atoms with Crippen LogP contribution in [0, 0.1) is 17.0 Å². The highest BCUT2D eigenvalue weighted by Gasteiger charge is 2.33. The maximum atomic E-state index is 13.7.